The van der Waals surface area contributed by atoms with E-state index < -0.39 is 0 Å². The van der Waals surface area contributed by atoms with Crippen molar-refractivity contribution in [3.05, 3.63) is 12.2 Å². The van der Waals surface area contributed by atoms with Gasteiger partial charge in [-0.1, -0.05) is 12.2 Å². The Bertz CT molecular complexity index is 143. The SMILES string of the molecule is C/C=C/C(Cl)CC(=O)OCC. The second-order valence-corrected chi connectivity index (χ2v) is 2.61. The van der Waals surface area contributed by atoms with Crippen LogP contribution in [0, 0.1) is 0 Å². The van der Waals surface area contributed by atoms with Gasteiger partial charge in [-0.05, 0) is 13.8 Å². The molecular formula is C8H13ClO2. The van der Waals surface area contributed by atoms with Crippen LogP contribution in [0.15, 0.2) is 12.2 Å². The Labute approximate surface area is 72.2 Å². The maximum Gasteiger partial charge on any atom is 0.307 e. The van der Waals surface area contributed by atoms with Crippen LogP contribution in [0.5, 0.6) is 0 Å². The lowest BCUT2D eigenvalue weighted by Crippen LogP contribution is -2.09. The summed E-state index contributed by atoms with van der Waals surface area (Å²) in [7, 11) is 0. The maximum atomic E-state index is 10.8. The van der Waals surface area contributed by atoms with Crippen molar-refractivity contribution >= 4 is 17.6 Å². The minimum atomic E-state index is -0.245. The van der Waals surface area contributed by atoms with E-state index in [1.165, 1.54) is 0 Å². The smallest absolute Gasteiger partial charge is 0.307 e. The molecule has 0 saturated heterocycles. The average molecular weight is 177 g/mol. The summed E-state index contributed by atoms with van der Waals surface area (Å²) in [6, 6.07) is 0. The quantitative estimate of drug-likeness (QED) is 0.373. The van der Waals surface area contributed by atoms with Gasteiger partial charge in [-0.15, -0.1) is 11.6 Å². The summed E-state index contributed by atoms with van der Waals surface area (Å²) < 4.78 is 4.70. The van der Waals surface area contributed by atoms with E-state index >= 15 is 0 Å². The zero-order chi connectivity index (χ0) is 8.69. The fraction of sp³-hybridized carbons (Fsp3) is 0.625. The maximum absolute atomic E-state index is 10.8. The predicted molar refractivity (Wildman–Crippen MR) is 45.7 cm³/mol. The molecule has 0 spiro atoms. The van der Waals surface area contributed by atoms with Crippen LogP contribution in [0.3, 0.4) is 0 Å². The first-order valence-electron chi connectivity index (χ1n) is 3.63. The molecular weight excluding hydrogens is 164 g/mol. The standard InChI is InChI=1S/C8H13ClO2/c1-3-5-7(9)6-8(10)11-4-2/h3,5,7H,4,6H2,1-2H3/b5-3+. The van der Waals surface area contributed by atoms with Crippen molar-refractivity contribution in [1.29, 1.82) is 0 Å². The molecule has 0 heterocycles. The molecule has 0 N–H and O–H groups in total. The molecule has 0 rings (SSSR count). The lowest BCUT2D eigenvalue weighted by atomic mass is 10.3. The van der Waals surface area contributed by atoms with Crippen molar-refractivity contribution in [2.45, 2.75) is 25.6 Å². The van der Waals surface area contributed by atoms with Gasteiger partial charge in [0.1, 0.15) is 0 Å². The van der Waals surface area contributed by atoms with Gasteiger partial charge in [0.05, 0.1) is 18.4 Å². The molecule has 0 aromatic carbocycles. The molecule has 0 radical (unpaired) electrons. The van der Waals surface area contributed by atoms with Crippen molar-refractivity contribution in [2.24, 2.45) is 0 Å². The highest BCUT2D eigenvalue weighted by Gasteiger charge is 2.07. The van der Waals surface area contributed by atoms with Crippen LogP contribution < -0.4 is 0 Å². The molecule has 0 bridgehead atoms. The molecule has 11 heavy (non-hydrogen) atoms. The number of carbonyl (C=O) groups is 1. The molecule has 0 aliphatic heterocycles. The third kappa shape index (κ3) is 5.92. The Balaban J connectivity index is 3.57. The summed E-state index contributed by atoms with van der Waals surface area (Å²) in [5.74, 6) is -0.245. The average Bonchev–Trinajstić information content (AvgIpc) is 1.87. The van der Waals surface area contributed by atoms with Crippen molar-refractivity contribution in [3.63, 3.8) is 0 Å². The van der Waals surface area contributed by atoms with E-state index in [4.69, 9.17) is 16.3 Å². The summed E-state index contributed by atoms with van der Waals surface area (Å²) in [6.45, 7) is 4.05. The summed E-state index contributed by atoms with van der Waals surface area (Å²) in [4.78, 5) is 10.8. The third-order valence-corrected chi connectivity index (χ3v) is 1.37. The van der Waals surface area contributed by atoms with E-state index in [0.717, 1.165) is 0 Å². The molecule has 1 unspecified atom stereocenters. The predicted octanol–water partition coefficient (Wildman–Crippen LogP) is 2.12. The number of hydrogen-bond acceptors (Lipinski definition) is 2. The van der Waals surface area contributed by atoms with E-state index in [0.29, 0.717) is 6.61 Å². The van der Waals surface area contributed by atoms with Gasteiger partial charge in [0, 0.05) is 0 Å². The van der Waals surface area contributed by atoms with E-state index in [-0.39, 0.29) is 17.8 Å². The van der Waals surface area contributed by atoms with Crippen molar-refractivity contribution in [2.75, 3.05) is 6.61 Å². The molecule has 64 valence electrons. The second-order valence-electron chi connectivity index (χ2n) is 2.05. The van der Waals surface area contributed by atoms with Gasteiger partial charge in [0.2, 0.25) is 0 Å². The number of alkyl halides is 1. The molecule has 0 aromatic heterocycles. The lowest BCUT2D eigenvalue weighted by Gasteiger charge is -2.02. The fourth-order valence-electron chi connectivity index (χ4n) is 0.656. The molecule has 3 heteroatoms. The Morgan fingerprint density at radius 2 is 2.36 bits per heavy atom. The van der Waals surface area contributed by atoms with Crippen molar-refractivity contribution < 1.29 is 9.53 Å². The number of esters is 1. The Hall–Kier alpha value is -0.500. The Morgan fingerprint density at radius 1 is 1.73 bits per heavy atom. The molecule has 1 atom stereocenters. The van der Waals surface area contributed by atoms with Gasteiger partial charge >= 0.3 is 5.97 Å². The summed E-state index contributed by atoms with van der Waals surface area (Å²) in [5, 5.41) is -0.237. The van der Waals surface area contributed by atoms with Gasteiger partial charge < -0.3 is 4.74 Å². The third-order valence-electron chi connectivity index (χ3n) is 1.07. The van der Waals surface area contributed by atoms with Crippen molar-refractivity contribution in [3.8, 4) is 0 Å². The van der Waals surface area contributed by atoms with Gasteiger partial charge in [0.25, 0.3) is 0 Å². The van der Waals surface area contributed by atoms with E-state index in [1.54, 1.807) is 13.0 Å². The molecule has 0 amide bonds. The minimum absolute atomic E-state index is 0.237. The van der Waals surface area contributed by atoms with Gasteiger partial charge in [0.15, 0.2) is 0 Å². The first kappa shape index (κ1) is 10.5. The molecule has 0 aliphatic rings. The van der Waals surface area contributed by atoms with Crippen LogP contribution in [0.2, 0.25) is 0 Å². The van der Waals surface area contributed by atoms with Crippen LogP contribution in [-0.4, -0.2) is 18.0 Å². The normalized spacial score (nSPS) is 13.4. The highest BCUT2D eigenvalue weighted by Crippen LogP contribution is 2.04. The number of carbonyl (C=O) groups excluding carboxylic acids is 1. The van der Waals surface area contributed by atoms with E-state index in [1.807, 2.05) is 13.0 Å². The lowest BCUT2D eigenvalue weighted by molar-refractivity contribution is -0.142. The van der Waals surface area contributed by atoms with Gasteiger partial charge in [-0.3, -0.25) is 4.79 Å². The van der Waals surface area contributed by atoms with Crippen molar-refractivity contribution in [1.82, 2.24) is 0 Å². The molecule has 0 fully saturated rings. The largest absolute Gasteiger partial charge is 0.466 e. The fourth-order valence-corrected chi connectivity index (χ4v) is 0.927. The van der Waals surface area contributed by atoms with E-state index in [2.05, 4.69) is 0 Å². The number of ether oxygens (including phenoxy) is 1. The summed E-state index contributed by atoms with van der Waals surface area (Å²) in [6.07, 6.45) is 3.83. The molecule has 0 aliphatic carbocycles. The zero-order valence-electron chi connectivity index (χ0n) is 6.84. The number of halogens is 1. The minimum Gasteiger partial charge on any atom is -0.466 e. The van der Waals surface area contributed by atoms with Crippen LogP contribution in [0.4, 0.5) is 0 Å². The molecule has 2 nitrogen and oxygen atoms in total. The van der Waals surface area contributed by atoms with Crippen LogP contribution in [0.1, 0.15) is 20.3 Å². The monoisotopic (exact) mass is 176 g/mol. The van der Waals surface area contributed by atoms with Gasteiger partial charge in [-0.25, -0.2) is 0 Å². The molecule has 0 aromatic rings. The topological polar surface area (TPSA) is 26.3 Å². The van der Waals surface area contributed by atoms with Crippen LogP contribution in [-0.2, 0) is 9.53 Å². The second kappa shape index (κ2) is 6.23. The highest BCUT2D eigenvalue weighted by molar-refractivity contribution is 6.22. The first-order chi connectivity index (χ1) is 5.20. The van der Waals surface area contributed by atoms with Crippen LogP contribution in [0.25, 0.3) is 0 Å². The number of hydrogen-bond donors (Lipinski definition) is 0. The molecule has 0 saturated carbocycles. The van der Waals surface area contributed by atoms with Gasteiger partial charge in [-0.2, -0.15) is 0 Å². The Kier molecular flexibility index (Phi) is 5.94. The number of allylic oxidation sites excluding steroid dienone is 2. The summed E-state index contributed by atoms with van der Waals surface area (Å²) >= 11 is 5.72. The van der Waals surface area contributed by atoms with E-state index in [9.17, 15) is 4.79 Å². The van der Waals surface area contributed by atoms with Crippen LogP contribution >= 0.6 is 11.6 Å². The first-order valence-corrected chi connectivity index (χ1v) is 4.06. The highest BCUT2D eigenvalue weighted by atomic mass is 35.5. The number of rotatable bonds is 4. The zero-order valence-corrected chi connectivity index (χ0v) is 7.60. The Morgan fingerprint density at radius 3 is 2.82 bits per heavy atom. The summed E-state index contributed by atoms with van der Waals surface area (Å²) in [5.41, 5.74) is 0.